The highest BCUT2D eigenvalue weighted by Gasteiger charge is 2.04. The molecule has 0 aliphatic rings. The third-order valence-corrected chi connectivity index (χ3v) is 2.02. The van der Waals surface area contributed by atoms with E-state index in [1.807, 2.05) is 30.4 Å². The van der Waals surface area contributed by atoms with E-state index in [1.165, 1.54) is 0 Å². The standard InChI is InChI=1S/C12H17N3/c1-3-8-15(9-4-2)12-7-5-6-11(10-13)14-12/h3-7H,1-2,8-10,13H2. The second-order valence-electron chi connectivity index (χ2n) is 3.17. The first-order chi connectivity index (χ1) is 7.31. The van der Waals surface area contributed by atoms with Gasteiger partial charge in [0.05, 0.1) is 5.69 Å². The number of rotatable bonds is 6. The molecule has 0 aliphatic heterocycles. The Morgan fingerprint density at radius 3 is 2.47 bits per heavy atom. The maximum Gasteiger partial charge on any atom is 0.129 e. The minimum atomic E-state index is 0.462. The normalized spacial score (nSPS) is 9.67. The van der Waals surface area contributed by atoms with Gasteiger partial charge in [0.15, 0.2) is 0 Å². The molecule has 3 nitrogen and oxygen atoms in total. The van der Waals surface area contributed by atoms with E-state index in [4.69, 9.17) is 5.73 Å². The molecule has 0 atom stereocenters. The van der Waals surface area contributed by atoms with Gasteiger partial charge in [0.25, 0.3) is 0 Å². The first kappa shape index (κ1) is 11.5. The van der Waals surface area contributed by atoms with Gasteiger partial charge >= 0.3 is 0 Å². The van der Waals surface area contributed by atoms with E-state index in [0.29, 0.717) is 6.54 Å². The van der Waals surface area contributed by atoms with E-state index in [0.717, 1.165) is 24.6 Å². The van der Waals surface area contributed by atoms with Gasteiger partial charge in [-0.05, 0) is 12.1 Å². The highest BCUT2D eigenvalue weighted by atomic mass is 15.2. The van der Waals surface area contributed by atoms with E-state index >= 15 is 0 Å². The van der Waals surface area contributed by atoms with E-state index < -0.39 is 0 Å². The number of pyridine rings is 1. The number of nitrogens with two attached hydrogens (primary N) is 1. The van der Waals surface area contributed by atoms with Crippen LogP contribution in [-0.4, -0.2) is 18.1 Å². The summed E-state index contributed by atoms with van der Waals surface area (Å²) in [4.78, 5) is 6.52. The van der Waals surface area contributed by atoms with Gasteiger partial charge in [-0.1, -0.05) is 18.2 Å². The van der Waals surface area contributed by atoms with E-state index in [9.17, 15) is 0 Å². The Labute approximate surface area is 90.9 Å². The van der Waals surface area contributed by atoms with Crippen LogP contribution in [0.3, 0.4) is 0 Å². The lowest BCUT2D eigenvalue weighted by Crippen LogP contribution is -2.24. The molecule has 0 fully saturated rings. The maximum atomic E-state index is 5.55. The molecule has 0 saturated heterocycles. The van der Waals surface area contributed by atoms with Crippen molar-refractivity contribution in [3.05, 3.63) is 49.2 Å². The number of aromatic nitrogens is 1. The molecule has 2 N–H and O–H groups in total. The molecule has 0 amide bonds. The fourth-order valence-corrected chi connectivity index (χ4v) is 1.33. The first-order valence-electron chi connectivity index (χ1n) is 4.94. The van der Waals surface area contributed by atoms with Crippen LogP contribution in [0.4, 0.5) is 5.82 Å². The lowest BCUT2D eigenvalue weighted by molar-refractivity contribution is 0.898. The largest absolute Gasteiger partial charge is 0.349 e. The summed E-state index contributed by atoms with van der Waals surface area (Å²) in [6.07, 6.45) is 3.70. The minimum absolute atomic E-state index is 0.462. The molecule has 1 aromatic rings. The molecular weight excluding hydrogens is 186 g/mol. The molecule has 0 spiro atoms. The van der Waals surface area contributed by atoms with Gasteiger partial charge in [-0.15, -0.1) is 13.2 Å². The van der Waals surface area contributed by atoms with Crippen molar-refractivity contribution in [1.29, 1.82) is 0 Å². The smallest absolute Gasteiger partial charge is 0.129 e. The van der Waals surface area contributed by atoms with Crippen LogP contribution in [0.2, 0.25) is 0 Å². The van der Waals surface area contributed by atoms with E-state index in [-0.39, 0.29) is 0 Å². The summed E-state index contributed by atoms with van der Waals surface area (Å²) in [6.45, 7) is 9.42. The zero-order valence-corrected chi connectivity index (χ0v) is 8.89. The first-order valence-corrected chi connectivity index (χ1v) is 4.94. The molecule has 0 unspecified atom stereocenters. The summed E-state index contributed by atoms with van der Waals surface area (Å²) < 4.78 is 0. The van der Waals surface area contributed by atoms with Crippen molar-refractivity contribution in [2.45, 2.75) is 6.54 Å². The topological polar surface area (TPSA) is 42.1 Å². The predicted octanol–water partition coefficient (Wildman–Crippen LogP) is 1.72. The van der Waals surface area contributed by atoms with Gasteiger partial charge in [0.2, 0.25) is 0 Å². The molecule has 1 rings (SSSR count). The summed E-state index contributed by atoms with van der Waals surface area (Å²) in [5.41, 5.74) is 6.44. The van der Waals surface area contributed by atoms with Crippen LogP contribution in [-0.2, 0) is 6.54 Å². The van der Waals surface area contributed by atoms with Gasteiger partial charge in [-0.2, -0.15) is 0 Å². The minimum Gasteiger partial charge on any atom is -0.349 e. The van der Waals surface area contributed by atoms with Crippen molar-refractivity contribution in [3.63, 3.8) is 0 Å². The third kappa shape index (κ3) is 3.22. The molecule has 0 bridgehead atoms. The molecule has 15 heavy (non-hydrogen) atoms. The average molecular weight is 203 g/mol. The molecule has 3 heteroatoms. The second-order valence-corrected chi connectivity index (χ2v) is 3.17. The Hall–Kier alpha value is -1.61. The third-order valence-electron chi connectivity index (χ3n) is 2.02. The summed E-state index contributed by atoms with van der Waals surface area (Å²) in [6, 6.07) is 5.85. The molecule has 0 aromatic carbocycles. The zero-order valence-electron chi connectivity index (χ0n) is 8.89. The Morgan fingerprint density at radius 2 is 1.93 bits per heavy atom. The number of hydrogen-bond donors (Lipinski definition) is 1. The van der Waals surface area contributed by atoms with E-state index in [2.05, 4.69) is 23.0 Å². The molecule has 0 saturated carbocycles. The van der Waals surface area contributed by atoms with Gasteiger partial charge in [0.1, 0.15) is 5.82 Å². The molecule has 80 valence electrons. The SMILES string of the molecule is C=CCN(CC=C)c1cccc(CN)n1. The summed E-state index contributed by atoms with van der Waals surface area (Å²) in [7, 11) is 0. The van der Waals surface area contributed by atoms with Crippen molar-refractivity contribution >= 4 is 5.82 Å². The summed E-state index contributed by atoms with van der Waals surface area (Å²) >= 11 is 0. The Morgan fingerprint density at radius 1 is 1.27 bits per heavy atom. The van der Waals surface area contributed by atoms with Crippen LogP contribution in [0, 0.1) is 0 Å². The predicted molar refractivity (Wildman–Crippen MR) is 64.7 cm³/mol. The fourth-order valence-electron chi connectivity index (χ4n) is 1.33. The highest BCUT2D eigenvalue weighted by molar-refractivity contribution is 5.40. The van der Waals surface area contributed by atoms with Crippen LogP contribution >= 0.6 is 0 Å². The monoisotopic (exact) mass is 203 g/mol. The lowest BCUT2D eigenvalue weighted by Gasteiger charge is -2.20. The molecule has 1 heterocycles. The molecular formula is C12H17N3. The van der Waals surface area contributed by atoms with Crippen molar-refractivity contribution in [2.75, 3.05) is 18.0 Å². The van der Waals surface area contributed by atoms with Crippen LogP contribution < -0.4 is 10.6 Å². The van der Waals surface area contributed by atoms with Crippen LogP contribution in [0.15, 0.2) is 43.5 Å². The van der Waals surface area contributed by atoms with Crippen LogP contribution in [0.1, 0.15) is 5.69 Å². The van der Waals surface area contributed by atoms with Crippen molar-refractivity contribution < 1.29 is 0 Å². The second kappa shape index (κ2) is 5.98. The van der Waals surface area contributed by atoms with Crippen molar-refractivity contribution in [1.82, 2.24) is 4.98 Å². The van der Waals surface area contributed by atoms with Gasteiger partial charge in [-0.25, -0.2) is 4.98 Å². The van der Waals surface area contributed by atoms with Crippen LogP contribution in [0.25, 0.3) is 0 Å². The zero-order chi connectivity index (χ0) is 11.1. The van der Waals surface area contributed by atoms with Crippen molar-refractivity contribution in [3.8, 4) is 0 Å². The van der Waals surface area contributed by atoms with E-state index in [1.54, 1.807) is 0 Å². The molecule has 0 radical (unpaired) electrons. The summed E-state index contributed by atoms with van der Waals surface area (Å²) in [5.74, 6) is 0.915. The lowest BCUT2D eigenvalue weighted by atomic mass is 10.3. The Balaban J connectivity index is 2.88. The maximum absolute atomic E-state index is 5.55. The Kier molecular flexibility index (Phi) is 4.57. The number of nitrogens with zero attached hydrogens (tertiary/aromatic N) is 2. The number of anilines is 1. The molecule has 1 aromatic heterocycles. The number of hydrogen-bond acceptors (Lipinski definition) is 3. The Bertz CT molecular complexity index is 323. The van der Waals surface area contributed by atoms with Gasteiger partial charge < -0.3 is 10.6 Å². The summed E-state index contributed by atoms with van der Waals surface area (Å²) in [5, 5.41) is 0. The highest BCUT2D eigenvalue weighted by Crippen LogP contribution is 2.11. The van der Waals surface area contributed by atoms with Gasteiger partial charge in [0, 0.05) is 19.6 Å². The van der Waals surface area contributed by atoms with Crippen molar-refractivity contribution in [2.24, 2.45) is 5.73 Å². The average Bonchev–Trinajstić information content (AvgIpc) is 2.29. The fraction of sp³-hybridized carbons (Fsp3) is 0.250. The van der Waals surface area contributed by atoms with Gasteiger partial charge in [-0.3, -0.25) is 0 Å². The quantitative estimate of drug-likeness (QED) is 0.716. The molecule has 0 aliphatic carbocycles. The van der Waals surface area contributed by atoms with Crippen LogP contribution in [0.5, 0.6) is 0 Å².